The maximum atomic E-state index is 11.9. The van der Waals surface area contributed by atoms with Gasteiger partial charge in [0.1, 0.15) is 16.4 Å². The van der Waals surface area contributed by atoms with Gasteiger partial charge in [-0.1, -0.05) is 31.5 Å². The zero-order valence-corrected chi connectivity index (χ0v) is 18.1. The van der Waals surface area contributed by atoms with E-state index in [0.717, 1.165) is 24.8 Å². The molecule has 1 amide bonds. The van der Waals surface area contributed by atoms with Crippen molar-refractivity contribution in [2.24, 2.45) is 5.10 Å². The Morgan fingerprint density at radius 1 is 1.03 bits per heavy atom. The average Bonchev–Trinajstić information content (AvgIpc) is 3.33. The van der Waals surface area contributed by atoms with Gasteiger partial charge in [0.2, 0.25) is 0 Å². The van der Waals surface area contributed by atoms with Crippen LogP contribution in [0.2, 0.25) is 0 Å². The Hall–Kier alpha value is -3.45. The molecular weight excluding hydrogens is 412 g/mol. The van der Waals surface area contributed by atoms with Gasteiger partial charge < -0.3 is 9.47 Å². The number of benzene rings is 2. The van der Waals surface area contributed by atoms with Gasteiger partial charge in [0.05, 0.1) is 6.21 Å². The highest BCUT2D eigenvalue weighted by Gasteiger charge is 2.09. The molecule has 160 valence electrons. The van der Waals surface area contributed by atoms with Crippen LogP contribution in [0.15, 0.2) is 71.1 Å². The first-order chi connectivity index (χ1) is 15.1. The highest BCUT2D eigenvalue weighted by Crippen LogP contribution is 2.16. The zero-order chi connectivity index (χ0) is 21.9. The lowest BCUT2D eigenvalue weighted by atomic mass is 10.1. The fourth-order valence-electron chi connectivity index (χ4n) is 2.67. The summed E-state index contributed by atoms with van der Waals surface area (Å²) in [4.78, 5) is 24.4. The minimum absolute atomic E-state index is 0.122. The Bertz CT molecular complexity index is 997. The van der Waals surface area contributed by atoms with Crippen LogP contribution in [-0.4, -0.2) is 24.7 Å². The smallest absolute Gasteiger partial charge is 0.353 e. The second-order valence-electron chi connectivity index (χ2n) is 6.77. The Kier molecular flexibility index (Phi) is 8.37. The lowest BCUT2D eigenvalue weighted by Crippen LogP contribution is -2.24. The van der Waals surface area contributed by atoms with E-state index in [-0.39, 0.29) is 18.5 Å². The van der Waals surface area contributed by atoms with Crippen molar-refractivity contribution >= 4 is 29.4 Å². The summed E-state index contributed by atoms with van der Waals surface area (Å²) < 4.78 is 10.8. The average molecular weight is 437 g/mol. The van der Waals surface area contributed by atoms with E-state index in [1.807, 2.05) is 29.6 Å². The number of hydrogen-bond donors (Lipinski definition) is 1. The van der Waals surface area contributed by atoms with Crippen molar-refractivity contribution in [1.29, 1.82) is 0 Å². The van der Waals surface area contributed by atoms with Gasteiger partial charge >= 0.3 is 5.97 Å². The van der Waals surface area contributed by atoms with E-state index < -0.39 is 0 Å². The van der Waals surface area contributed by atoms with Crippen LogP contribution in [0.3, 0.4) is 0 Å². The Balaban J connectivity index is 1.40. The third kappa shape index (κ3) is 7.38. The van der Waals surface area contributed by atoms with E-state index in [0.29, 0.717) is 16.4 Å². The number of carbonyl (C=O) groups is 2. The zero-order valence-electron chi connectivity index (χ0n) is 17.2. The Labute approximate surface area is 185 Å². The van der Waals surface area contributed by atoms with Gasteiger partial charge in [-0.2, -0.15) is 5.10 Å². The molecule has 3 aromatic rings. The first kappa shape index (κ1) is 22.2. The molecule has 0 aliphatic rings. The molecule has 0 bridgehead atoms. The van der Waals surface area contributed by atoms with Gasteiger partial charge in [-0.25, -0.2) is 10.2 Å². The molecule has 0 unspecified atom stereocenters. The normalized spacial score (nSPS) is 10.7. The number of unbranched alkanes of at least 4 members (excludes halogenated alkanes) is 1. The van der Waals surface area contributed by atoms with Crippen molar-refractivity contribution in [2.75, 3.05) is 6.61 Å². The standard InChI is InChI=1S/C24H24N2O4S/c1-2-3-5-18-7-11-20(12-8-18)29-17-23(27)26-25-16-19-9-13-21(14-10-19)30-24(28)22-6-4-15-31-22/h4,6-16H,2-3,5,17H2,1H3,(H,26,27)/b25-16-. The summed E-state index contributed by atoms with van der Waals surface area (Å²) in [5.74, 6) is 0.341. The lowest BCUT2D eigenvalue weighted by molar-refractivity contribution is -0.123. The van der Waals surface area contributed by atoms with Crippen LogP contribution >= 0.6 is 11.3 Å². The number of hydrazone groups is 1. The molecule has 7 heteroatoms. The summed E-state index contributed by atoms with van der Waals surface area (Å²) in [5.41, 5.74) is 4.44. The highest BCUT2D eigenvalue weighted by atomic mass is 32.1. The van der Waals surface area contributed by atoms with Gasteiger partial charge in [-0.3, -0.25) is 4.79 Å². The molecule has 0 aliphatic carbocycles. The fourth-order valence-corrected chi connectivity index (χ4v) is 3.27. The summed E-state index contributed by atoms with van der Waals surface area (Å²) in [6, 6.07) is 18.1. The molecule has 0 saturated carbocycles. The monoisotopic (exact) mass is 436 g/mol. The van der Waals surface area contributed by atoms with Crippen molar-refractivity contribution in [3.05, 3.63) is 82.0 Å². The van der Waals surface area contributed by atoms with Crippen molar-refractivity contribution in [2.45, 2.75) is 26.2 Å². The molecule has 0 saturated heterocycles. The molecule has 0 fully saturated rings. The second-order valence-corrected chi connectivity index (χ2v) is 7.71. The van der Waals surface area contributed by atoms with Crippen LogP contribution in [0.25, 0.3) is 0 Å². The van der Waals surface area contributed by atoms with Crippen LogP contribution in [0.4, 0.5) is 0 Å². The van der Waals surface area contributed by atoms with Crippen molar-refractivity contribution < 1.29 is 19.1 Å². The SMILES string of the molecule is CCCCc1ccc(OCC(=O)N/N=C\c2ccc(OC(=O)c3cccs3)cc2)cc1. The van der Waals surface area contributed by atoms with Crippen LogP contribution in [0.5, 0.6) is 11.5 Å². The van der Waals surface area contributed by atoms with E-state index >= 15 is 0 Å². The van der Waals surface area contributed by atoms with Gasteiger partial charge in [0.25, 0.3) is 5.91 Å². The number of nitrogens with one attached hydrogen (secondary N) is 1. The quantitative estimate of drug-likeness (QED) is 0.214. The first-order valence-corrected chi connectivity index (χ1v) is 10.9. The predicted molar refractivity (Wildman–Crippen MR) is 122 cm³/mol. The topological polar surface area (TPSA) is 77.0 Å². The van der Waals surface area contributed by atoms with Gasteiger partial charge in [-0.15, -0.1) is 11.3 Å². The number of thiophene rings is 1. The maximum absolute atomic E-state index is 11.9. The molecule has 0 radical (unpaired) electrons. The number of esters is 1. The molecular formula is C24H24N2O4S. The maximum Gasteiger partial charge on any atom is 0.353 e. The second kappa shape index (κ2) is 11.7. The van der Waals surface area contributed by atoms with Crippen molar-refractivity contribution in [1.82, 2.24) is 5.43 Å². The molecule has 0 aliphatic heterocycles. The third-order valence-electron chi connectivity index (χ3n) is 4.33. The number of rotatable bonds is 10. The Morgan fingerprint density at radius 3 is 2.45 bits per heavy atom. The summed E-state index contributed by atoms with van der Waals surface area (Å²) in [6.07, 6.45) is 4.87. The van der Waals surface area contributed by atoms with E-state index in [1.165, 1.54) is 23.1 Å². The fraction of sp³-hybridized carbons (Fsp3) is 0.208. The number of hydrogen-bond acceptors (Lipinski definition) is 6. The van der Waals surface area contributed by atoms with E-state index in [2.05, 4.69) is 17.5 Å². The summed E-state index contributed by atoms with van der Waals surface area (Å²) in [6.45, 7) is 2.04. The minimum Gasteiger partial charge on any atom is -0.484 e. The number of amides is 1. The highest BCUT2D eigenvalue weighted by molar-refractivity contribution is 7.12. The van der Waals surface area contributed by atoms with E-state index in [9.17, 15) is 9.59 Å². The molecule has 1 heterocycles. The molecule has 1 N–H and O–H groups in total. The molecule has 3 rings (SSSR count). The van der Waals surface area contributed by atoms with Crippen LogP contribution in [-0.2, 0) is 11.2 Å². The van der Waals surface area contributed by atoms with Crippen molar-refractivity contribution in [3.63, 3.8) is 0 Å². The molecule has 6 nitrogen and oxygen atoms in total. The summed E-state index contributed by atoms with van der Waals surface area (Å²) in [5, 5.41) is 5.74. The number of ether oxygens (including phenoxy) is 2. The predicted octanol–water partition coefficient (Wildman–Crippen LogP) is 4.84. The van der Waals surface area contributed by atoms with Crippen molar-refractivity contribution in [3.8, 4) is 11.5 Å². The van der Waals surface area contributed by atoms with Crippen LogP contribution < -0.4 is 14.9 Å². The molecule has 2 aromatic carbocycles. The molecule has 31 heavy (non-hydrogen) atoms. The molecule has 0 spiro atoms. The van der Waals surface area contributed by atoms with Gasteiger partial charge in [0.15, 0.2) is 6.61 Å². The van der Waals surface area contributed by atoms with E-state index in [4.69, 9.17) is 9.47 Å². The molecule has 0 atom stereocenters. The number of aryl methyl sites for hydroxylation is 1. The summed E-state index contributed by atoms with van der Waals surface area (Å²) >= 11 is 1.33. The lowest BCUT2D eigenvalue weighted by Gasteiger charge is -2.06. The largest absolute Gasteiger partial charge is 0.484 e. The van der Waals surface area contributed by atoms with Crippen LogP contribution in [0.1, 0.15) is 40.6 Å². The molecule has 1 aromatic heterocycles. The Morgan fingerprint density at radius 2 is 1.77 bits per heavy atom. The number of carbonyl (C=O) groups excluding carboxylic acids is 2. The third-order valence-corrected chi connectivity index (χ3v) is 5.18. The van der Waals surface area contributed by atoms with E-state index in [1.54, 1.807) is 36.4 Å². The summed E-state index contributed by atoms with van der Waals surface area (Å²) in [7, 11) is 0. The first-order valence-electron chi connectivity index (χ1n) is 10.0. The van der Waals surface area contributed by atoms with Gasteiger partial charge in [-0.05, 0) is 71.8 Å². The van der Waals surface area contributed by atoms with Gasteiger partial charge in [0, 0.05) is 0 Å². The minimum atomic E-state index is -0.390. The number of nitrogens with zero attached hydrogens (tertiary/aromatic N) is 1. The van der Waals surface area contributed by atoms with Crippen LogP contribution in [0, 0.1) is 0 Å².